The predicted molar refractivity (Wildman–Crippen MR) is 71.9 cm³/mol. The number of fused-ring (bicyclic) bond motifs is 1. The van der Waals surface area contributed by atoms with E-state index in [1.165, 1.54) is 16.7 Å². The molecule has 0 radical (unpaired) electrons. The van der Waals surface area contributed by atoms with E-state index in [4.69, 9.17) is 11.6 Å². The van der Waals surface area contributed by atoms with E-state index in [1.807, 2.05) is 0 Å². The van der Waals surface area contributed by atoms with Gasteiger partial charge in [0.1, 0.15) is 0 Å². The maximum atomic E-state index is 12.4. The van der Waals surface area contributed by atoms with Crippen LogP contribution in [0.1, 0.15) is 6.92 Å². The SMILES string of the molecule is CC12SCCN1C(=O)N(c1ccc(Cl)cc1)C2=O. The molecule has 0 N–H and O–H groups in total. The molecule has 18 heavy (non-hydrogen) atoms. The second kappa shape index (κ2) is 3.90. The molecule has 0 aliphatic carbocycles. The highest BCUT2D eigenvalue weighted by Crippen LogP contribution is 2.43. The summed E-state index contributed by atoms with van der Waals surface area (Å²) in [6.07, 6.45) is 0. The van der Waals surface area contributed by atoms with E-state index >= 15 is 0 Å². The van der Waals surface area contributed by atoms with Gasteiger partial charge >= 0.3 is 6.03 Å². The largest absolute Gasteiger partial charge is 0.333 e. The first-order chi connectivity index (χ1) is 8.54. The van der Waals surface area contributed by atoms with Crippen LogP contribution in [0.15, 0.2) is 24.3 Å². The number of imide groups is 1. The number of carbonyl (C=O) groups is 2. The molecule has 0 bridgehead atoms. The molecule has 2 saturated heterocycles. The number of anilines is 1. The first-order valence-electron chi connectivity index (χ1n) is 5.60. The van der Waals surface area contributed by atoms with E-state index in [9.17, 15) is 9.59 Å². The van der Waals surface area contributed by atoms with Gasteiger partial charge in [-0.3, -0.25) is 9.69 Å². The van der Waals surface area contributed by atoms with Gasteiger partial charge in [-0.2, -0.15) is 0 Å². The molecule has 0 spiro atoms. The second-order valence-corrected chi connectivity index (χ2v) is 6.31. The normalized spacial score (nSPS) is 27.0. The van der Waals surface area contributed by atoms with Crippen LogP contribution < -0.4 is 4.90 Å². The Kier molecular flexibility index (Phi) is 2.57. The Morgan fingerprint density at radius 2 is 1.94 bits per heavy atom. The van der Waals surface area contributed by atoms with Crippen molar-refractivity contribution in [2.24, 2.45) is 0 Å². The number of hydrogen-bond acceptors (Lipinski definition) is 3. The topological polar surface area (TPSA) is 40.6 Å². The number of halogens is 1. The van der Waals surface area contributed by atoms with Gasteiger partial charge < -0.3 is 0 Å². The van der Waals surface area contributed by atoms with Crippen LogP contribution in [-0.2, 0) is 4.79 Å². The molecule has 2 aliphatic rings. The Morgan fingerprint density at radius 1 is 1.28 bits per heavy atom. The molecule has 0 aromatic heterocycles. The fourth-order valence-electron chi connectivity index (χ4n) is 2.32. The minimum atomic E-state index is -0.739. The summed E-state index contributed by atoms with van der Waals surface area (Å²) in [6, 6.07) is 6.49. The molecule has 6 heteroatoms. The molecule has 1 aromatic carbocycles. The van der Waals surface area contributed by atoms with Crippen LogP contribution in [-0.4, -0.2) is 34.0 Å². The average Bonchev–Trinajstić information content (AvgIpc) is 2.81. The lowest BCUT2D eigenvalue weighted by Gasteiger charge is -2.20. The fraction of sp³-hybridized carbons (Fsp3) is 0.333. The van der Waals surface area contributed by atoms with E-state index in [2.05, 4.69) is 0 Å². The maximum absolute atomic E-state index is 12.4. The molecule has 1 atom stereocenters. The van der Waals surface area contributed by atoms with Gasteiger partial charge in [-0.05, 0) is 31.2 Å². The average molecular weight is 283 g/mol. The molecule has 1 unspecified atom stereocenters. The van der Waals surface area contributed by atoms with E-state index in [1.54, 1.807) is 36.1 Å². The first kappa shape index (κ1) is 11.9. The summed E-state index contributed by atoms with van der Waals surface area (Å²) < 4.78 is 0. The molecule has 1 aromatic rings. The number of urea groups is 1. The molecule has 4 nitrogen and oxygen atoms in total. The van der Waals surface area contributed by atoms with Gasteiger partial charge in [0, 0.05) is 17.3 Å². The van der Waals surface area contributed by atoms with Gasteiger partial charge in [-0.1, -0.05) is 11.6 Å². The van der Waals surface area contributed by atoms with Crippen LogP contribution in [0.25, 0.3) is 0 Å². The lowest BCUT2D eigenvalue weighted by Crippen LogP contribution is -2.39. The predicted octanol–water partition coefficient (Wildman–Crippen LogP) is 2.57. The summed E-state index contributed by atoms with van der Waals surface area (Å²) >= 11 is 7.33. The number of hydrogen-bond donors (Lipinski definition) is 0. The van der Waals surface area contributed by atoms with Gasteiger partial charge in [0.15, 0.2) is 4.87 Å². The summed E-state index contributed by atoms with van der Waals surface area (Å²) in [5.41, 5.74) is 0.575. The molecule has 3 rings (SSSR count). The van der Waals surface area contributed by atoms with Gasteiger partial charge in [0.2, 0.25) is 0 Å². The van der Waals surface area contributed by atoms with Gasteiger partial charge in [-0.15, -0.1) is 11.8 Å². The van der Waals surface area contributed by atoms with Crippen molar-refractivity contribution in [2.75, 3.05) is 17.2 Å². The van der Waals surface area contributed by atoms with Crippen molar-refractivity contribution in [3.05, 3.63) is 29.3 Å². The van der Waals surface area contributed by atoms with Crippen molar-refractivity contribution >= 4 is 41.0 Å². The van der Waals surface area contributed by atoms with Crippen molar-refractivity contribution in [3.8, 4) is 0 Å². The Labute approximate surface area is 114 Å². The number of amides is 3. The van der Waals surface area contributed by atoms with Crippen LogP contribution in [0.2, 0.25) is 5.02 Å². The standard InChI is InChI=1S/C12H11ClN2O2S/c1-12-10(16)15(9-4-2-8(13)3-5-9)11(17)14(12)6-7-18-12/h2-5H,6-7H2,1H3. The molecule has 94 valence electrons. The van der Waals surface area contributed by atoms with Gasteiger partial charge in [0.25, 0.3) is 5.91 Å². The lowest BCUT2D eigenvalue weighted by atomic mass is 10.2. The molecule has 3 amide bonds. The minimum absolute atomic E-state index is 0.169. The Morgan fingerprint density at radius 3 is 2.56 bits per heavy atom. The van der Waals surface area contributed by atoms with Crippen molar-refractivity contribution in [3.63, 3.8) is 0 Å². The summed E-state index contributed by atoms with van der Waals surface area (Å²) in [6.45, 7) is 2.43. The lowest BCUT2D eigenvalue weighted by molar-refractivity contribution is -0.120. The third-order valence-corrected chi connectivity index (χ3v) is 4.92. The highest BCUT2D eigenvalue weighted by atomic mass is 35.5. The maximum Gasteiger partial charge on any atom is 0.333 e. The molecule has 2 heterocycles. The molecular formula is C12H11ClN2O2S. The van der Waals surface area contributed by atoms with Crippen molar-refractivity contribution in [1.29, 1.82) is 0 Å². The minimum Gasteiger partial charge on any atom is -0.300 e. The van der Waals surface area contributed by atoms with Gasteiger partial charge in [-0.25, -0.2) is 9.69 Å². The number of nitrogens with zero attached hydrogens (tertiary/aromatic N) is 2. The van der Waals surface area contributed by atoms with E-state index < -0.39 is 4.87 Å². The number of benzene rings is 1. The van der Waals surface area contributed by atoms with Crippen molar-refractivity contribution in [1.82, 2.24) is 4.90 Å². The number of carbonyl (C=O) groups excluding carboxylic acids is 2. The quantitative estimate of drug-likeness (QED) is 0.744. The van der Waals surface area contributed by atoms with E-state index in [0.29, 0.717) is 17.3 Å². The number of thioether (sulfide) groups is 1. The highest BCUT2D eigenvalue weighted by Gasteiger charge is 2.57. The highest BCUT2D eigenvalue weighted by molar-refractivity contribution is 8.01. The summed E-state index contributed by atoms with van der Waals surface area (Å²) in [5, 5.41) is 0.582. The van der Waals surface area contributed by atoms with E-state index in [-0.39, 0.29) is 11.9 Å². The van der Waals surface area contributed by atoms with Gasteiger partial charge in [0.05, 0.1) is 5.69 Å². The molecule has 0 saturated carbocycles. The fourth-order valence-corrected chi connectivity index (χ4v) is 3.65. The summed E-state index contributed by atoms with van der Waals surface area (Å²) in [7, 11) is 0. The van der Waals surface area contributed by atoms with E-state index in [0.717, 1.165) is 5.75 Å². The van der Waals surface area contributed by atoms with Crippen LogP contribution >= 0.6 is 23.4 Å². The van der Waals surface area contributed by atoms with Crippen LogP contribution in [0.3, 0.4) is 0 Å². The molecule has 2 fully saturated rings. The third kappa shape index (κ3) is 1.47. The Hall–Kier alpha value is -1.20. The first-order valence-corrected chi connectivity index (χ1v) is 6.96. The number of rotatable bonds is 1. The smallest absolute Gasteiger partial charge is 0.300 e. The second-order valence-electron chi connectivity index (χ2n) is 4.38. The zero-order valence-electron chi connectivity index (χ0n) is 9.72. The molecule has 2 aliphatic heterocycles. The summed E-state index contributed by atoms with van der Waals surface area (Å²) in [4.78, 5) is 26.8. The Balaban J connectivity index is 2.02. The summed E-state index contributed by atoms with van der Waals surface area (Å²) in [5.74, 6) is 0.639. The monoisotopic (exact) mass is 282 g/mol. The van der Waals surface area contributed by atoms with Crippen LogP contribution in [0.4, 0.5) is 10.5 Å². The van der Waals surface area contributed by atoms with Crippen molar-refractivity contribution < 1.29 is 9.59 Å². The van der Waals surface area contributed by atoms with Crippen LogP contribution in [0.5, 0.6) is 0 Å². The third-order valence-electron chi connectivity index (χ3n) is 3.32. The zero-order chi connectivity index (χ0) is 12.9. The zero-order valence-corrected chi connectivity index (χ0v) is 11.3. The Bertz CT molecular complexity index is 533. The molecular weight excluding hydrogens is 272 g/mol. The van der Waals surface area contributed by atoms with Crippen molar-refractivity contribution in [2.45, 2.75) is 11.8 Å². The van der Waals surface area contributed by atoms with Crippen LogP contribution in [0, 0.1) is 0 Å².